The van der Waals surface area contributed by atoms with Crippen LogP contribution in [0.3, 0.4) is 0 Å². The first-order valence-electron chi connectivity index (χ1n) is 10.8. The smallest absolute Gasteiger partial charge is 0.302 e. The molecule has 0 amide bonds. The molecule has 0 aromatic rings. The fourth-order valence-corrected chi connectivity index (χ4v) is 7.77. The highest BCUT2D eigenvalue weighted by Gasteiger charge is 2.58. The van der Waals surface area contributed by atoms with Gasteiger partial charge in [-0.1, -0.05) is 37.6 Å². The van der Waals surface area contributed by atoms with Crippen molar-refractivity contribution in [2.24, 2.45) is 34.5 Å². The minimum atomic E-state index is -0.127. The largest absolute Gasteiger partial charge is 0.462 e. The fraction of sp³-hybridized carbons (Fsp3) is 0.792. The van der Waals surface area contributed by atoms with Gasteiger partial charge in [0, 0.05) is 13.3 Å². The number of hydrogen-bond acceptors (Lipinski definition) is 2. The van der Waals surface area contributed by atoms with E-state index in [0.717, 1.165) is 36.5 Å². The van der Waals surface area contributed by atoms with Crippen LogP contribution < -0.4 is 0 Å². The first kappa shape index (κ1) is 18.3. The number of carbonyl (C=O) groups is 1. The summed E-state index contributed by atoms with van der Waals surface area (Å²) in [6.45, 7) is 13.2. The molecular weight excluding hydrogens is 320 g/mol. The SMILES string of the molecule is C=C(C)C1CCC2C3CC=C4CC(OC(C)=O)CCC4(C)C3CCC12C. The standard InChI is InChI=1S/C24H36O2/c1-15(2)20-8-9-21-19-7-6-17-14-18(26-16(3)25)10-12-23(17,4)22(19)11-13-24(20,21)5/h6,18-22H,1,7-14H2,2-5H3. The Bertz CT molecular complexity index is 647. The summed E-state index contributed by atoms with van der Waals surface area (Å²) >= 11 is 0. The number of hydrogen-bond donors (Lipinski definition) is 0. The van der Waals surface area contributed by atoms with Gasteiger partial charge in [-0.15, -0.1) is 0 Å². The Morgan fingerprint density at radius 3 is 2.58 bits per heavy atom. The highest BCUT2D eigenvalue weighted by atomic mass is 16.5. The molecule has 0 aliphatic heterocycles. The topological polar surface area (TPSA) is 26.3 Å². The number of rotatable bonds is 2. The number of allylic oxidation sites excluding steroid dienone is 2. The second-order valence-electron chi connectivity index (χ2n) is 10.3. The minimum Gasteiger partial charge on any atom is -0.462 e. The van der Waals surface area contributed by atoms with Gasteiger partial charge >= 0.3 is 5.97 Å². The van der Waals surface area contributed by atoms with E-state index in [2.05, 4.69) is 33.4 Å². The molecule has 144 valence electrons. The predicted molar refractivity (Wildman–Crippen MR) is 106 cm³/mol. The molecule has 4 aliphatic rings. The van der Waals surface area contributed by atoms with Gasteiger partial charge in [-0.05, 0) is 86.4 Å². The molecule has 0 bridgehead atoms. The van der Waals surface area contributed by atoms with Gasteiger partial charge in [0.05, 0.1) is 0 Å². The molecule has 7 atom stereocenters. The van der Waals surface area contributed by atoms with E-state index in [4.69, 9.17) is 4.74 Å². The summed E-state index contributed by atoms with van der Waals surface area (Å²) in [6, 6.07) is 0. The van der Waals surface area contributed by atoms with Crippen LogP contribution >= 0.6 is 0 Å². The van der Waals surface area contributed by atoms with Crippen LogP contribution in [0.5, 0.6) is 0 Å². The number of esters is 1. The quantitative estimate of drug-likeness (QED) is 0.443. The van der Waals surface area contributed by atoms with Crippen molar-refractivity contribution < 1.29 is 9.53 Å². The van der Waals surface area contributed by atoms with Gasteiger partial charge in [0.1, 0.15) is 6.10 Å². The van der Waals surface area contributed by atoms with Crippen LogP contribution in [0.15, 0.2) is 23.8 Å². The van der Waals surface area contributed by atoms with Crippen molar-refractivity contribution in [2.45, 2.75) is 85.2 Å². The number of ether oxygens (including phenoxy) is 1. The Labute approximate surface area is 159 Å². The zero-order chi connectivity index (χ0) is 18.7. The van der Waals surface area contributed by atoms with Gasteiger partial charge < -0.3 is 4.74 Å². The molecule has 0 aromatic heterocycles. The average molecular weight is 357 g/mol. The minimum absolute atomic E-state index is 0.108. The van der Waals surface area contributed by atoms with Gasteiger partial charge in [0.2, 0.25) is 0 Å². The van der Waals surface area contributed by atoms with Crippen LogP contribution in [0.25, 0.3) is 0 Å². The zero-order valence-electron chi connectivity index (χ0n) is 17.1. The van der Waals surface area contributed by atoms with E-state index >= 15 is 0 Å². The Kier molecular flexibility index (Phi) is 4.40. The molecule has 0 saturated heterocycles. The van der Waals surface area contributed by atoms with E-state index in [1.165, 1.54) is 44.1 Å². The van der Waals surface area contributed by atoms with Gasteiger partial charge in [0.25, 0.3) is 0 Å². The molecule has 7 unspecified atom stereocenters. The first-order valence-corrected chi connectivity index (χ1v) is 10.8. The Hall–Kier alpha value is -1.05. The maximum atomic E-state index is 11.4. The lowest BCUT2D eigenvalue weighted by molar-refractivity contribution is -0.148. The summed E-state index contributed by atoms with van der Waals surface area (Å²) in [5, 5.41) is 0. The van der Waals surface area contributed by atoms with E-state index in [9.17, 15) is 4.79 Å². The maximum absolute atomic E-state index is 11.4. The molecule has 3 fully saturated rings. The first-order chi connectivity index (χ1) is 12.3. The lowest BCUT2D eigenvalue weighted by atomic mass is 9.47. The van der Waals surface area contributed by atoms with Crippen molar-refractivity contribution in [1.29, 1.82) is 0 Å². The Morgan fingerprint density at radius 2 is 1.88 bits per heavy atom. The second kappa shape index (κ2) is 6.24. The molecule has 3 saturated carbocycles. The molecular formula is C24H36O2. The summed E-state index contributed by atoms with van der Waals surface area (Å²) in [7, 11) is 0. The van der Waals surface area contributed by atoms with E-state index in [0.29, 0.717) is 10.8 Å². The van der Waals surface area contributed by atoms with E-state index in [1.807, 2.05) is 0 Å². The highest BCUT2D eigenvalue weighted by molar-refractivity contribution is 5.66. The molecule has 4 aliphatic carbocycles. The van der Waals surface area contributed by atoms with Crippen molar-refractivity contribution in [3.05, 3.63) is 23.8 Å². The van der Waals surface area contributed by atoms with E-state index in [-0.39, 0.29) is 12.1 Å². The van der Waals surface area contributed by atoms with Crippen LogP contribution in [0, 0.1) is 34.5 Å². The van der Waals surface area contributed by atoms with Gasteiger partial charge in [-0.2, -0.15) is 0 Å². The third-order valence-electron chi connectivity index (χ3n) is 8.99. The molecule has 0 heterocycles. The maximum Gasteiger partial charge on any atom is 0.302 e. The third-order valence-corrected chi connectivity index (χ3v) is 8.99. The van der Waals surface area contributed by atoms with Gasteiger partial charge in [-0.25, -0.2) is 0 Å². The summed E-state index contributed by atoms with van der Waals surface area (Å²) in [5.74, 6) is 3.13. The van der Waals surface area contributed by atoms with Crippen molar-refractivity contribution in [1.82, 2.24) is 0 Å². The van der Waals surface area contributed by atoms with Crippen LogP contribution in [-0.2, 0) is 9.53 Å². The zero-order valence-corrected chi connectivity index (χ0v) is 17.1. The summed E-state index contributed by atoms with van der Waals surface area (Å²) in [5.41, 5.74) is 3.81. The number of carbonyl (C=O) groups excluding carboxylic acids is 1. The van der Waals surface area contributed by atoms with Crippen LogP contribution in [0.4, 0.5) is 0 Å². The average Bonchev–Trinajstić information content (AvgIpc) is 2.92. The predicted octanol–water partition coefficient (Wildman–Crippen LogP) is 6.07. The van der Waals surface area contributed by atoms with Gasteiger partial charge in [-0.3, -0.25) is 4.79 Å². The van der Waals surface area contributed by atoms with Crippen molar-refractivity contribution in [2.75, 3.05) is 0 Å². The molecule has 4 rings (SSSR count). The molecule has 2 heteroatoms. The lowest BCUT2D eigenvalue weighted by Gasteiger charge is -2.58. The van der Waals surface area contributed by atoms with E-state index in [1.54, 1.807) is 12.5 Å². The van der Waals surface area contributed by atoms with Crippen LogP contribution in [0.2, 0.25) is 0 Å². The highest BCUT2D eigenvalue weighted by Crippen LogP contribution is 2.67. The normalized spacial score (nSPS) is 47.2. The summed E-state index contributed by atoms with van der Waals surface area (Å²) < 4.78 is 5.56. The van der Waals surface area contributed by atoms with Crippen molar-refractivity contribution >= 4 is 5.97 Å². The molecule has 0 spiro atoms. The molecule has 0 aromatic carbocycles. The Morgan fingerprint density at radius 1 is 1.12 bits per heavy atom. The molecule has 26 heavy (non-hydrogen) atoms. The van der Waals surface area contributed by atoms with Gasteiger partial charge in [0.15, 0.2) is 0 Å². The monoisotopic (exact) mass is 356 g/mol. The Balaban J connectivity index is 1.59. The molecule has 0 N–H and O–H groups in total. The van der Waals surface area contributed by atoms with Crippen molar-refractivity contribution in [3.8, 4) is 0 Å². The van der Waals surface area contributed by atoms with E-state index < -0.39 is 0 Å². The lowest BCUT2D eigenvalue weighted by Crippen LogP contribution is -2.50. The molecule has 2 nitrogen and oxygen atoms in total. The number of fused-ring (bicyclic) bond motifs is 5. The summed E-state index contributed by atoms with van der Waals surface area (Å²) in [4.78, 5) is 11.4. The third kappa shape index (κ3) is 2.62. The van der Waals surface area contributed by atoms with Crippen LogP contribution in [0.1, 0.15) is 79.1 Å². The van der Waals surface area contributed by atoms with Crippen molar-refractivity contribution in [3.63, 3.8) is 0 Å². The summed E-state index contributed by atoms with van der Waals surface area (Å²) in [6.07, 6.45) is 12.6. The van der Waals surface area contributed by atoms with Crippen LogP contribution in [-0.4, -0.2) is 12.1 Å². The fourth-order valence-electron chi connectivity index (χ4n) is 7.77. The molecule has 0 radical (unpaired) electrons. The second-order valence-corrected chi connectivity index (χ2v) is 10.3.